The number of halogens is 3. The van der Waals surface area contributed by atoms with E-state index in [1.54, 1.807) is 0 Å². The highest BCUT2D eigenvalue weighted by molar-refractivity contribution is 7.79. The Balaban J connectivity index is 1.53. The zero-order valence-corrected chi connectivity index (χ0v) is 22.3. The Morgan fingerprint density at radius 3 is 2.74 bits per heavy atom. The smallest absolute Gasteiger partial charge is 0.173 e. The maximum Gasteiger partial charge on any atom is 0.173 e. The molecule has 0 saturated heterocycles. The van der Waals surface area contributed by atoms with Crippen LogP contribution in [0.1, 0.15) is 49.0 Å². The van der Waals surface area contributed by atoms with Gasteiger partial charge in [-0.2, -0.15) is 0 Å². The van der Waals surface area contributed by atoms with E-state index in [1.165, 1.54) is 12.1 Å². The highest BCUT2D eigenvalue weighted by Gasteiger charge is 2.49. The van der Waals surface area contributed by atoms with E-state index in [1.807, 2.05) is 31.2 Å². The Morgan fingerprint density at radius 2 is 2.00 bits per heavy atom. The zero-order chi connectivity index (χ0) is 26.9. The molecule has 1 aromatic heterocycles. The minimum absolute atomic E-state index is 0.0397. The Kier molecular flexibility index (Phi) is 8.14. The van der Waals surface area contributed by atoms with Crippen LogP contribution in [0.25, 0.3) is 10.9 Å². The van der Waals surface area contributed by atoms with Crippen molar-refractivity contribution in [3.8, 4) is 5.75 Å². The highest BCUT2D eigenvalue weighted by atomic mass is 32.2. The molecule has 2 aliphatic rings. The molecular weight excluding hydrogens is 515 g/mol. The summed E-state index contributed by atoms with van der Waals surface area (Å²) in [5.41, 5.74) is 2.25. The molecule has 0 bridgehead atoms. The van der Waals surface area contributed by atoms with Gasteiger partial charge in [-0.1, -0.05) is 18.2 Å². The first-order valence-corrected chi connectivity index (χ1v) is 14.4. The summed E-state index contributed by atoms with van der Waals surface area (Å²) in [6.45, 7) is 3.15. The quantitative estimate of drug-likeness (QED) is 0.216. The highest BCUT2D eigenvalue weighted by Crippen LogP contribution is 2.51. The van der Waals surface area contributed by atoms with Gasteiger partial charge in [0.25, 0.3) is 0 Å². The lowest BCUT2D eigenvalue weighted by Gasteiger charge is -2.43. The molecule has 3 aromatic rings. The van der Waals surface area contributed by atoms with Crippen molar-refractivity contribution in [3.05, 3.63) is 64.9 Å². The van der Waals surface area contributed by atoms with Gasteiger partial charge in [-0.3, -0.25) is 9.29 Å². The van der Waals surface area contributed by atoms with Gasteiger partial charge >= 0.3 is 0 Å². The van der Waals surface area contributed by atoms with E-state index in [9.17, 15) is 13.2 Å². The molecule has 1 fully saturated rings. The SMILES string of the molecule is C[C@@H]1Cc2c([nH]c3ccccc23)[C@@H](c2c(F)ccc(OCCNCCCF)c2F)N1CC1(CS(=O)O)CC1. The monoisotopic (exact) mass is 549 g/mol. The molecule has 2 aromatic carbocycles. The minimum Gasteiger partial charge on any atom is -0.489 e. The number of para-hydroxylation sites is 1. The predicted octanol–water partition coefficient (Wildman–Crippen LogP) is 5.11. The molecule has 3 N–H and O–H groups in total. The number of nitrogens with one attached hydrogen (secondary N) is 2. The van der Waals surface area contributed by atoms with Crippen molar-refractivity contribution in [1.82, 2.24) is 15.2 Å². The molecule has 206 valence electrons. The van der Waals surface area contributed by atoms with Crippen LogP contribution in [0, 0.1) is 17.0 Å². The first-order chi connectivity index (χ1) is 18.3. The summed E-state index contributed by atoms with van der Waals surface area (Å²) in [5.74, 6) is -1.31. The molecule has 10 heteroatoms. The number of nitrogens with zero attached hydrogens (tertiary/aromatic N) is 1. The van der Waals surface area contributed by atoms with Crippen LogP contribution in [0.2, 0.25) is 0 Å². The molecular formula is C28H34F3N3O3S. The van der Waals surface area contributed by atoms with Gasteiger partial charge in [0, 0.05) is 35.7 Å². The second-order valence-electron chi connectivity index (χ2n) is 10.6. The molecule has 1 aliphatic carbocycles. The van der Waals surface area contributed by atoms with E-state index in [0.29, 0.717) is 32.5 Å². The van der Waals surface area contributed by atoms with Gasteiger partial charge in [-0.25, -0.2) is 13.0 Å². The van der Waals surface area contributed by atoms with Crippen LogP contribution in [-0.2, 0) is 17.5 Å². The molecule has 1 unspecified atom stereocenters. The normalized spacial score (nSPS) is 21.4. The lowest BCUT2D eigenvalue weighted by molar-refractivity contribution is 0.116. The number of H-pyrrole nitrogens is 1. The molecule has 0 amide bonds. The zero-order valence-electron chi connectivity index (χ0n) is 21.4. The summed E-state index contributed by atoms with van der Waals surface area (Å²) >= 11 is -1.95. The summed E-state index contributed by atoms with van der Waals surface area (Å²) in [4.78, 5) is 5.53. The number of ether oxygens (including phenoxy) is 1. The van der Waals surface area contributed by atoms with Crippen LogP contribution in [0.4, 0.5) is 13.2 Å². The number of alkyl halides is 1. The van der Waals surface area contributed by atoms with Crippen LogP contribution in [0.3, 0.4) is 0 Å². The van der Waals surface area contributed by atoms with Crippen molar-refractivity contribution >= 4 is 22.0 Å². The number of aromatic nitrogens is 1. The second-order valence-corrected chi connectivity index (χ2v) is 11.5. The Bertz CT molecular complexity index is 1310. The molecule has 0 spiro atoms. The van der Waals surface area contributed by atoms with Crippen molar-refractivity contribution in [3.63, 3.8) is 0 Å². The predicted molar refractivity (Wildman–Crippen MR) is 143 cm³/mol. The van der Waals surface area contributed by atoms with Gasteiger partial charge in [0.05, 0.1) is 24.0 Å². The van der Waals surface area contributed by atoms with Gasteiger partial charge in [0.1, 0.15) is 12.4 Å². The third-order valence-corrected chi connectivity index (χ3v) is 8.67. The molecule has 1 aliphatic heterocycles. The summed E-state index contributed by atoms with van der Waals surface area (Å²) in [5, 5.41) is 4.07. The maximum atomic E-state index is 16.1. The van der Waals surface area contributed by atoms with Crippen molar-refractivity contribution in [2.75, 3.05) is 38.7 Å². The van der Waals surface area contributed by atoms with Crippen molar-refractivity contribution < 1.29 is 26.7 Å². The number of fused-ring (bicyclic) bond motifs is 3. The van der Waals surface area contributed by atoms with E-state index in [2.05, 4.69) is 15.2 Å². The van der Waals surface area contributed by atoms with E-state index in [4.69, 9.17) is 4.74 Å². The Labute approximate surface area is 223 Å². The van der Waals surface area contributed by atoms with Crippen molar-refractivity contribution in [1.29, 1.82) is 0 Å². The second kappa shape index (κ2) is 11.4. The lowest BCUT2D eigenvalue weighted by atomic mass is 9.87. The summed E-state index contributed by atoms with van der Waals surface area (Å²) in [6, 6.07) is 9.58. The number of aromatic amines is 1. The Morgan fingerprint density at radius 1 is 1.21 bits per heavy atom. The maximum absolute atomic E-state index is 16.1. The Hall–Kier alpha value is -2.40. The average molecular weight is 550 g/mol. The van der Waals surface area contributed by atoms with E-state index in [0.717, 1.165) is 35.0 Å². The van der Waals surface area contributed by atoms with Crippen LogP contribution >= 0.6 is 0 Å². The van der Waals surface area contributed by atoms with Gasteiger partial charge in [-0.05, 0) is 68.3 Å². The van der Waals surface area contributed by atoms with E-state index >= 15 is 8.78 Å². The minimum atomic E-state index is -1.95. The summed E-state index contributed by atoms with van der Waals surface area (Å²) in [7, 11) is 0. The molecule has 5 rings (SSSR count). The fourth-order valence-corrected chi connectivity index (χ4v) is 6.60. The number of benzene rings is 2. The van der Waals surface area contributed by atoms with Crippen molar-refractivity contribution in [2.45, 2.75) is 44.7 Å². The van der Waals surface area contributed by atoms with Crippen LogP contribution in [-0.4, -0.2) is 63.4 Å². The number of rotatable bonds is 12. The van der Waals surface area contributed by atoms with Gasteiger partial charge in [0.15, 0.2) is 22.6 Å². The topological polar surface area (TPSA) is 77.6 Å². The first-order valence-electron chi connectivity index (χ1n) is 13.1. The van der Waals surface area contributed by atoms with Gasteiger partial charge in [-0.15, -0.1) is 0 Å². The number of hydrogen-bond donors (Lipinski definition) is 3. The molecule has 2 heterocycles. The lowest BCUT2D eigenvalue weighted by Crippen LogP contribution is -2.46. The summed E-state index contributed by atoms with van der Waals surface area (Å²) < 4.78 is 71.0. The van der Waals surface area contributed by atoms with Crippen LogP contribution < -0.4 is 10.1 Å². The van der Waals surface area contributed by atoms with Crippen LogP contribution in [0.15, 0.2) is 36.4 Å². The fourth-order valence-electron chi connectivity index (χ4n) is 5.70. The average Bonchev–Trinajstić information content (AvgIpc) is 3.53. The third-order valence-electron chi connectivity index (χ3n) is 7.81. The standard InChI is InChI=1S/C28H34F3N3O3S/c1-18-15-20-19-5-2-3-6-22(19)33-26(20)27(34(18)16-28(9-10-28)17-38(35)36)24-21(30)7-8-23(25(24)31)37-14-13-32-12-4-11-29/h2-3,5-8,18,27,32-33H,4,9-17H2,1H3,(H,35,36)/t18-,27-/m1/s1. The van der Waals surface area contributed by atoms with E-state index < -0.39 is 35.4 Å². The van der Waals surface area contributed by atoms with Gasteiger partial charge in [0.2, 0.25) is 0 Å². The largest absolute Gasteiger partial charge is 0.489 e. The molecule has 0 radical (unpaired) electrons. The third kappa shape index (κ3) is 5.50. The molecule has 38 heavy (non-hydrogen) atoms. The van der Waals surface area contributed by atoms with Crippen molar-refractivity contribution in [2.24, 2.45) is 5.41 Å². The van der Waals surface area contributed by atoms with Gasteiger partial charge < -0.3 is 19.6 Å². The van der Waals surface area contributed by atoms with E-state index in [-0.39, 0.29) is 35.1 Å². The molecule has 3 atom stereocenters. The fraction of sp³-hybridized carbons (Fsp3) is 0.500. The summed E-state index contributed by atoms with van der Waals surface area (Å²) in [6.07, 6.45) is 2.69. The molecule has 1 saturated carbocycles. The molecule has 6 nitrogen and oxygen atoms in total. The first kappa shape index (κ1) is 27.2. The van der Waals surface area contributed by atoms with Crippen LogP contribution in [0.5, 0.6) is 5.75 Å². The number of hydrogen-bond acceptors (Lipinski definition) is 4.